The Kier molecular flexibility index (Phi) is 6.90. The second-order valence-corrected chi connectivity index (χ2v) is 11.1. The first-order valence-corrected chi connectivity index (χ1v) is 13.2. The maximum Gasteiger partial charge on any atom is 0.307 e. The second kappa shape index (κ2) is 10.0. The number of pyridine rings is 1. The van der Waals surface area contributed by atoms with Crippen molar-refractivity contribution in [2.45, 2.75) is 65.1 Å². The van der Waals surface area contributed by atoms with Crippen LogP contribution in [0.5, 0.6) is 11.6 Å². The van der Waals surface area contributed by atoms with Crippen LogP contribution in [0.25, 0.3) is 11.1 Å². The zero-order valence-electron chi connectivity index (χ0n) is 22.3. The quantitative estimate of drug-likeness (QED) is 0.349. The number of aliphatic hydroxyl groups is 1. The van der Waals surface area contributed by atoms with Gasteiger partial charge < -0.3 is 19.7 Å². The zero-order chi connectivity index (χ0) is 27.2. The second-order valence-electron chi connectivity index (χ2n) is 11.1. The maximum atomic E-state index is 14.8. The number of aromatic nitrogens is 1. The normalized spacial score (nSPS) is 19.6. The van der Waals surface area contributed by atoms with Gasteiger partial charge in [-0.15, -0.1) is 0 Å². The summed E-state index contributed by atoms with van der Waals surface area (Å²) >= 11 is 0. The number of carboxylic acids is 1. The molecule has 6 nitrogen and oxygen atoms in total. The first kappa shape index (κ1) is 26.2. The molecule has 38 heavy (non-hydrogen) atoms. The smallest absolute Gasteiger partial charge is 0.307 e. The first-order chi connectivity index (χ1) is 18.1. The summed E-state index contributed by atoms with van der Waals surface area (Å²) in [4.78, 5) is 16.0. The molecule has 0 amide bonds. The van der Waals surface area contributed by atoms with Crippen LogP contribution in [0.3, 0.4) is 0 Å². The highest BCUT2D eigenvalue weighted by Gasteiger charge is 2.59. The van der Waals surface area contributed by atoms with Gasteiger partial charge in [0.15, 0.2) is 0 Å². The largest absolute Gasteiger partial charge is 0.489 e. The summed E-state index contributed by atoms with van der Waals surface area (Å²) in [7, 11) is 0. The number of hydrogen-bond acceptors (Lipinski definition) is 5. The summed E-state index contributed by atoms with van der Waals surface area (Å²) < 4.78 is 26.6. The average Bonchev–Trinajstić information content (AvgIpc) is 3.46. The lowest BCUT2D eigenvalue weighted by Gasteiger charge is -2.17. The highest BCUT2D eigenvalue weighted by molar-refractivity contribution is 5.78. The SMILES string of the molecule is CCc1cc2c(cc1OCc1cc(-c3ccc(OCCC(C)(C)O)nc3C)ccc1F)CC1C(C(=O)O)C21. The molecule has 0 radical (unpaired) electrons. The molecular weight excluding hydrogens is 485 g/mol. The van der Waals surface area contributed by atoms with E-state index in [4.69, 9.17) is 9.47 Å². The van der Waals surface area contributed by atoms with Crippen LogP contribution in [0.4, 0.5) is 4.39 Å². The predicted octanol–water partition coefficient (Wildman–Crippen LogP) is 5.85. The molecule has 2 aliphatic carbocycles. The molecule has 0 bridgehead atoms. The van der Waals surface area contributed by atoms with Crippen molar-refractivity contribution >= 4 is 5.97 Å². The molecule has 1 aromatic heterocycles. The molecule has 5 rings (SSSR count). The number of aliphatic carboxylic acids is 1. The molecule has 2 aliphatic rings. The van der Waals surface area contributed by atoms with Gasteiger partial charge in [0.25, 0.3) is 0 Å². The standard InChI is InChI=1S/C31H34FNO5/c1-5-18-13-23-20(14-24-28(23)29(24)30(34)35)15-26(18)38-16-21-12-19(6-8-25(21)32)22-7-9-27(33-17(22)2)37-11-10-31(3,4)36/h6-9,12-13,15,24,28-29,36H,5,10-11,14,16H2,1-4H3,(H,34,35). The Balaban J connectivity index is 1.30. The minimum atomic E-state index is -0.803. The number of carbonyl (C=O) groups is 1. The topological polar surface area (TPSA) is 88.9 Å². The molecule has 200 valence electrons. The van der Waals surface area contributed by atoms with Crippen molar-refractivity contribution in [3.05, 3.63) is 76.2 Å². The molecule has 0 aliphatic heterocycles. The van der Waals surface area contributed by atoms with Crippen LogP contribution in [0, 0.1) is 24.6 Å². The van der Waals surface area contributed by atoms with Crippen LogP contribution in [-0.2, 0) is 24.2 Å². The van der Waals surface area contributed by atoms with Crippen LogP contribution in [0.2, 0.25) is 0 Å². The van der Waals surface area contributed by atoms with Gasteiger partial charge in [0.05, 0.1) is 18.1 Å². The Morgan fingerprint density at radius 2 is 1.92 bits per heavy atom. The van der Waals surface area contributed by atoms with Gasteiger partial charge >= 0.3 is 5.97 Å². The van der Waals surface area contributed by atoms with Crippen LogP contribution < -0.4 is 9.47 Å². The third-order valence-electron chi connectivity index (χ3n) is 7.74. The number of fused-ring (bicyclic) bond motifs is 3. The highest BCUT2D eigenvalue weighted by Crippen LogP contribution is 2.62. The summed E-state index contributed by atoms with van der Waals surface area (Å²) in [5.74, 6) is 0.209. The van der Waals surface area contributed by atoms with Crippen molar-refractivity contribution in [3.8, 4) is 22.8 Å². The molecule has 1 fully saturated rings. The third-order valence-corrected chi connectivity index (χ3v) is 7.74. The van der Waals surface area contributed by atoms with Crippen molar-refractivity contribution in [2.24, 2.45) is 11.8 Å². The number of nitrogens with zero attached hydrogens (tertiary/aromatic N) is 1. The van der Waals surface area contributed by atoms with Gasteiger partial charge in [-0.25, -0.2) is 9.37 Å². The van der Waals surface area contributed by atoms with E-state index in [0.29, 0.717) is 24.5 Å². The summed E-state index contributed by atoms with van der Waals surface area (Å²) in [6, 6.07) is 12.8. The molecule has 7 heteroatoms. The van der Waals surface area contributed by atoms with Gasteiger partial charge in [-0.1, -0.05) is 19.1 Å². The molecule has 1 heterocycles. The Morgan fingerprint density at radius 1 is 1.13 bits per heavy atom. The number of benzene rings is 2. The van der Waals surface area contributed by atoms with Gasteiger partial charge in [-0.3, -0.25) is 4.79 Å². The van der Waals surface area contributed by atoms with E-state index in [-0.39, 0.29) is 30.2 Å². The van der Waals surface area contributed by atoms with Gasteiger partial charge in [0.2, 0.25) is 5.88 Å². The van der Waals surface area contributed by atoms with Crippen LogP contribution in [0.15, 0.2) is 42.5 Å². The summed E-state index contributed by atoms with van der Waals surface area (Å²) in [5.41, 5.74) is 5.40. The van der Waals surface area contributed by atoms with Crippen molar-refractivity contribution in [2.75, 3.05) is 6.61 Å². The third kappa shape index (κ3) is 5.25. The van der Waals surface area contributed by atoms with E-state index in [1.54, 1.807) is 32.0 Å². The number of carboxylic acid groups (broad SMARTS) is 1. The van der Waals surface area contributed by atoms with Crippen LogP contribution in [0.1, 0.15) is 61.1 Å². The van der Waals surface area contributed by atoms with Crippen molar-refractivity contribution in [1.29, 1.82) is 0 Å². The lowest BCUT2D eigenvalue weighted by Crippen LogP contribution is -2.22. The number of halogens is 1. The summed E-state index contributed by atoms with van der Waals surface area (Å²) in [6.07, 6.45) is 1.99. The molecule has 3 atom stereocenters. The number of hydrogen-bond donors (Lipinski definition) is 2. The Hall–Kier alpha value is -3.45. The molecule has 0 spiro atoms. The molecular formula is C31H34FNO5. The highest BCUT2D eigenvalue weighted by atomic mass is 19.1. The van der Waals surface area contributed by atoms with Crippen molar-refractivity contribution in [1.82, 2.24) is 4.98 Å². The summed E-state index contributed by atoms with van der Waals surface area (Å²) in [6.45, 7) is 7.84. The number of ether oxygens (including phenoxy) is 2. The van der Waals surface area contributed by atoms with Gasteiger partial charge in [-0.05, 0) is 86.1 Å². The molecule has 1 saturated carbocycles. The first-order valence-electron chi connectivity index (χ1n) is 13.2. The van der Waals surface area contributed by atoms with E-state index in [2.05, 4.69) is 11.1 Å². The maximum absolute atomic E-state index is 14.8. The van der Waals surface area contributed by atoms with Crippen LogP contribution >= 0.6 is 0 Å². The monoisotopic (exact) mass is 519 g/mol. The predicted molar refractivity (Wildman–Crippen MR) is 142 cm³/mol. The van der Waals surface area contributed by atoms with E-state index in [1.165, 1.54) is 6.07 Å². The lowest BCUT2D eigenvalue weighted by atomic mass is 9.97. The van der Waals surface area contributed by atoms with E-state index >= 15 is 0 Å². The van der Waals surface area contributed by atoms with Gasteiger partial charge in [-0.2, -0.15) is 0 Å². The van der Waals surface area contributed by atoms with Crippen molar-refractivity contribution in [3.63, 3.8) is 0 Å². The zero-order valence-corrected chi connectivity index (χ0v) is 22.3. The fraction of sp³-hybridized carbons (Fsp3) is 0.419. The molecule has 0 saturated heterocycles. The minimum absolute atomic E-state index is 0.0840. The van der Waals surface area contributed by atoms with Gasteiger partial charge in [0.1, 0.15) is 18.2 Å². The fourth-order valence-corrected chi connectivity index (χ4v) is 5.56. The molecule has 3 unspecified atom stereocenters. The number of rotatable bonds is 10. The Morgan fingerprint density at radius 3 is 2.61 bits per heavy atom. The molecule has 3 aromatic rings. The lowest BCUT2D eigenvalue weighted by molar-refractivity contribution is -0.139. The van der Waals surface area contributed by atoms with E-state index in [9.17, 15) is 19.4 Å². The number of aryl methyl sites for hydroxylation is 2. The molecule has 2 aromatic carbocycles. The van der Waals surface area contributed by atoms with Crippen LogP contribution in [-0.4, -0.2) is 33.4 Å². The van der Waals surface area contributed by atoms with Crippen molar-refractivity contribution < 1.29 is 28.9 Å². The molecule has 2 N–H and O–H groups in total. The van der Waals surface area contributed by atoms with Gasteiger partial charge in [0, 0.05) is 35.2 Å². The Labute approximate surface area is 222 Å². The van der Waals surface area contributed by atoms with E-state index < -0.39 is 11.6 Å². The minimum Gasteiger partial charge on any atom is -0.489 e. The Bertz CT molecular complexity index is 1380. The average molecular weight is 520 g/mol. The van der Waals surface area contributed by atoms with E-state index in [1.807, 2.05) is 26.0 Å². The summed E-state index contributed by atoms with van der Waals surface area (Å²) in [5, 5.41) is 19.3. The fourth-order valence-electron chi connectivity index (χ4n) is 5.56. The van der Waals surface area contributed by atoms with E-state index in [0.717, 1.165) is 52.1 Å².